The van der Waals surface area contributed by atoms with Crippen molar-refractivity contribution in [1.29, 1.82) is 0 Å². The largest absolute Gasteiger partial charge is 0.478 e. The van der Waals surface area contributed by atoms with Gasteiger partial charge in [0.25, 0.3) is 0 Å². The molecule has 9 heteroatoms. The zero-order valence-electron chi connectivity index (χ0n) is 14.9. The molecule has 0 atom stereocenters. The minimum Gasteiger partial charge on any atom is -0.478 e. The van der Waals surface area contributed by atoms with Crippen molar-refractivity contribution >= 4 is 45.3 Å². The Morgan fingerprint density at radius 1 is 1.18 bits per heavy atom. The molecule has 0 unspecified atom stereocenters. The quantitative estimate of drug-likeness (QED) is 0.513. The molecule has 0 radical (unpaired) electrons. The van der Waals surface area contributed by atoms with Crippen LogP contribution in [0.4, 0.5) is 5.69 Å². The molecule has 0 saturated heterocycles. The molecular formula is C19H17BrN4O3S. The molecule has 3 rings (SSSR count). The molecular weight excluding hydrogens is 444 g/mol. The van der Waals surface area contributed by atoms with Crippen LogP contribution in [-0.4, -0.2) is 37.5 Å². The number of nitrogens with zero attached hydrogens (tertiary/aromatic N) is 3. The number of carboxylic acid groups (broad SMARTS) is 1. The maximum absolute atomic E-state index is 12.2. The minimum absolute atomic E-state index is 0.121. The molecule has 7 nitrogen and oxygen atoms in total. The molecule has 0 fully saturated rings. The fourth-order valence-corrected chi connectivity index (χ4v) is 3.62. The Balaban J connectivity index is 1.67. The van der Waals surface area contributed by atoms with E-state index in [0.717, 1.165) is 15.9 Å². The number of amides is 1. The molecule has 0 aliphatic rings. The van der Waals surface area contributed by atoms with Crippen LogP contribution >= 0.6 is 27.7 Å². The van der Waals surface area contributed by atoms with Crippen LogP contribution in [-0.2, 0) is 11.3 Å². The van der Waals surface area contributed by atoms with Gasteiger partial charge in [0.15, 0.2) is 11.0 Å². The summed E-state index contributed by atoms with van der Waals surface area (Å²) in [6.45, 7) is 2.66. The Morgan fingerprint density at radius 3 is 2.61 bits per heavy atom. The van der Waals surface area contributed by atoms with E-state index in [4.69, 9.17) is 5.11 Å². The van der Waals surface area contributed by atoms with E-state index >= 15 is 0 Å². The molecule has 0 spiro atoms. The first-order chi connectivity index (χ1) is 13.5. The van der Waals surface area contributed by atoms with Gasteiger partial charge in [-0.3, -0.25) is 4.79 Å². The lowest BCUT2D eigenvalue weighted by molar-refractivity contribution is -0.113. The number of halogens is 1. The lowest BCUT2D eigenvalue weighted by atomic mass is 10.2. The molecule has 1 amide bonds. The molecule has 0 saturated carbocycles. The third kappa shape index (κ3) is 4.79. The van der Waals surface area contributed by atoms with Gasteiger partial charge >= 0.3 is 5.97 Å². The van der Waals surface area contributed by atoms with Crippen LogP contribution in [0.1, 0.15) is 17.3 Å². The number of benzene rings is 2. The van der Waals surface area contributed by atoms with Crippen molar-refractivity contribution in [3.63, 3.8) is 0 Å². The number of carbonyl (C=O) groups excluding carboxylic acids is 1. The van der Waals surface area contributed by atoms with Gasteiger partial charge in [-0.05, 0) is 37.3 Å². The smallest absolute Gasteiger partial charge is 0.335 e. The van der Waals surface area contributed by atoms with Gasteiger partial charge in [-0.25, -0.2) is 4.79 Å². The van der Waals surface area contributed by atoms with E-state index in [2.05, 4.69) is 31.4 Å². The number of anilines is 1. The van der Waals surface area contributed by atoms with Gasteiger partial charge in [-0.2, -0.15) is 0 Å². The van der Waals surface area contributed by atoms with Gasteiger partial charge in [0.2, 0.25) is 5.91 Å². The van der Waals surface area contributed by atoms with Crippen LogP contribution in [0.15, 0.2) is 58.2 Å². The average molecular weight is 461 g/mol. The van der Waals surface area contributed by atoms with Gasteiger partial charge in [0, 0.05) is 22.3 Å². The van der Waals surface area contributed by atoms with Crippen molar-refractivity contribution in [2.45, 2.75) is 18.6 Å². The van der Waals surface area contributed by atoms with E-state index < -0.39 is 5.97 Å². The Bertz CT molecular complexity index is 1000. The van der Waals surface area contributed by atoms with Crippen molar-refractivity contribution < 1.29 is 14.7 Å². The summed E-state index contributed by atoms with van der Waals surface area (Å²) < 4.78 is 2.93. The van der Waals surface area contributed by atoms with Crippen LogP contribution < -0.4 is 5.32 Å². The topological polar surface area (TPSA) is 97.1 Å². The van der Waals surface area contributed by atoms with Gasteiger partial charge in [-0.15, -0.1) is 10.2 Å². The predicted octanol–water partition coefficient (Wildman–Crippen LogP) is 4.16. The summed E-state index contributed by atoms with van der Waals surface area (Å²) in [4.78, 5) is 23.3. The maximum Gasteiger partial charge on any atom is 0.335 e. The second-order valence-electron chi connectivity index (χ2n) is 5.78. The zero-order valence-corrected chi connectivity index (χ0v) is 17.3. The molecule has 3 aromatic rings. The number of hydrogen-bond acceptors (Lipinski definition) is 5. The number of rotatable bonds is 7. The first kappa shape index (κ1) is 20.1. The third-order valence-electron chi connectivity index (χ3n) is 3.86. The van der Waals surface area contributed by atoms with E-state index in [1.54, 1.807) is 12.1 Å². The van der Waals surface area contributed by atoms with Crippen LogP contribution in [0.2, 0.25) is 0 Å². The van der Waals surface area contributed by atoms with Crippen molar-refractivity contribution in [1.82, 2.24) is 14.8 Å². The SMILES string of the molecule is CCn1c(SCC(=O)Nc2cccc(C(=O)O)c2)nnc1-c1ccc(Br)cc1. The summed E-state index contributed by atoms with van der Waals surface area (Å²) >= 11 is 4.69. The lowest BCUT2D eigenvalue weighted by Gasteiger charge is -2.08. The number of hydrogen-bond donors (Lipinski definition) is 2. The molecule has 0 aliphatic heterocycles. The summed E-state index contributed by atoms with van der Waals surface area (Å²) in [6.07, 6.45) is 0. The number of nitrogens with one attached hydrogen (secondary N) is 1. The van der Waals surface area contributed by atoms with Crippen molar-refractivity contribution in [3.05, 3.63) is 58.6 Å². The van der Waals surface area contributed by atoms with Gasteiger partial charge in [-0.1, -0.05) is 45.9 Å². The second kappa shape index (κ2) is 9.03. The van der Waals surface area contributed by atoms with Crippen LogP contribution in [0.5, 0.6) is 0 Å². The van der Waals surface area contributed by atoms with Gasteiger partial charge in [0.1, 0.15) is 0 Å². The Morgan fingerprint density at radius 2 is 1.93 bits per heavy atom. The molecule has 28 heavy (non-hydrogen) atoms. The maximum atomic E-state index is 12.2. The van der Waals surface area contributed by atoms with Crippen LogP contribution in [0.25, 0.3) is 11.4 Å². The van der Waals surface area contributed by atoms with Crippen molar-refractivity contribution in [2.24, 2.45) is 0 Å². The lowest BCUT2D eigenvalue weighted by Crippen LogP contribution is -2.15. The third-order valence-corrected chi connectivity index (χ3v) is 5.36. The number of thioether (sulfide) groups is 1. The van der Waals surface area contributed by atoms with E-state index in [-0.39, 0.29) is 17.2 Å². The number of aromatic carboxylic acids is 1. The molecule has 0 bridgehead atoms. The Kier molecular flexibility index (Phi) is 6.48. The summed E-state index contributed by atoms with van der Waals surface area (Å²) in [5.74, 6) is -0.409. The van der Waals surface area contributed by atoms with E-state index in [9.17, 15) is 9.59 Å². The zero-order chi connectivity index (χ0) is 20.1. The molecule has 1 aromatic heterocycles. The summed E-state index contributed by atoms with van der Waals surface area (Å²) in [5, 5.41) is 20.8. The summed E-state index contributed by atoms with van der Waals surface area (Å²) in [5.41, 5.74) is 1.51. The Labute approximate surface area is 174 Å². The van der Waals surface area contributed by atoms with Crippen molar-refractivity contribution in [3.8, 4) is 11.4 Å². The van der Waals surface area contributed by atoms with Crippen LogP contribution in [0.3, 0.4) is 0 Å². The van der Waals surface area contributed by atoms with E-state index in [0.29, 0.717) is 17.4 Å². The second-order valence-corrected chi connectivity index (χ2v) is 7.64. The minimum atomic E-state index is -1.04. The summed E-state index contributed by atoms with van der Waals surface area (Å²) in [7, 11) is 0. The number of carboxylic acids is 1. The fraction of sp³-hybridized carbons (Fsp3) is 0.158. The predicted molar refractivity (Wildman–Crippen MR) is 112 cm³/mol. The molecule has 2 N–H and O–H groups in total. The standard InChI is InChI=1S/C19H17BrN4O3S/c1-2-24-17(12-6-8-14(20)9-7-12)22-23-19(24)28-11-16(25)21-15-5-3-4-13(10-15)18(26)27/h3-10H,2,11H2,1H3,(H,21,25)(H,26,27). The monoisotopic (exact) mass is 460 g/mol. The van der Waals surface area contributed by atoms with E-state index in [1.807, 2.05) is 35.8 Å². The number of carbonyl (C=O) groups is 2. The highest BCUT2D eigenvalue weighted by molar-refractivity contribution is 9.10. The van der Waals surface area contributed by atoms with Gasteiger partial charge < -0.3 is 15.0 Å². The molecule has 1 heterocycles. The normalized spacial score (nSPS) is 10.6. The molecule has 144 valence electrons. The van der Waals surface area contributed by atoms with Crippen LogP contribution in [0, 0.1) is 0 Å². The highest BCUT2D eigenvalue weighted by Gasteiger charge is 2.15. The first-order valence-corrected chi connectivity index (χ1v) is 10.2. The highest BCUT2D eigenvalue weighted by atomic mass is 79.9. The first-order valence-electron chi connectivity index (χ1n) is 8.43. The van der Waals surface area contributed by atoms with E-state index in [1.165, 1.54) is 23.9 Å². The molecule has 2 aromatic carbocycles. The fourth-order valence-electron chi connectivity index (χ4n) is 2.55. The van der Waals surface area contributed by atoms with Crippen molar-refractivity contribution in [2.75, 3.05) is 11.1 Å². The van der Waals surface area contributed by atoms with Gasteiger partial charge in [0.05, 0.1) is 11.3 Å². The highest BCUT2D eigenvalue weighted by Crippen LogP contribution is 2.25. The average Bonchev–Trinajstić information content (AvgIpc) is 3.10. The Hall–Kier alpha value is -2.65. The molecule has 0 aliphatic carbocycles. The number of aromatic nitrogens is 3. The summed E-state index contributed by atoms with van der Waals surface area (Å²) in [6, 6.07) is 13.9.